The van der Waals surface area contributed by atoms with E-state index in [2.05, 4.69) is 5.32 Å². The third-order valence-electron chi connectivity index (χ3n) is 4.09. The summed E-state index contributed by atoms with van der Waals surface area (Å²) in [5.41, 5.74) is 1.77. The van der Waals surface area contributed by atoms with Gasteiger partial charge in [0, 0.05) is 6.26 Å². The molecule has 2 aromatic rings. The molecule has 150 valence electrons. The van der Waals surface area contributed by atoms with E-state index in [1.54, 1.807) is 25.3 Å². The molecular formula is C21H25NO5S. The van der Waals surface area contributed by atoms with Crippen molar-refractivity contribution in [2.24, 2.45) is 0 Å². The van der Waals surface area contributed by atoms with Crippen molar-refractivity contribution in [3.8, 4) is 11.5 Å². The monoisotopic (exact) mass is 403 g/mol. The topological polar surface area (TPSA) is 81.7 Å². The number of carbonyl (C=O) groups excluding carboxylic acids is 1. The Balaban J connectivity index is 1.97. The molecule has 28 heavy (non-hydrogen) atoms. The van der Waals surface area contributed by atoms with Crippen molar-refractivity contribution >= 4 is 21.8 Å². The molecule has 0 bridgehead atoms. The summed E-state index contributed by atoms with van der Waals surface area (Å²) in [4.78, 5) is 12.5. The molecule has 2 aromatic carbocycles. The van der Waals surface area contributed by atoms with Gasteiger partial charge in [-0.05, 0) is 49.2 Å². The number of amides is 1. The van der Waals surface area contributed by atoms with Crippen molar-refractivity contribution in [2.75, 3.05) is 20.0 Å². The largest absolute Gasteiger partial charge is 0.493 e. The first-order chi connectivity index (χ1) is 13.2. The Kier molecular flexibility index (Phi) is 7.23. The van der Waals surface area contributed by atoms with Crippen LogP contribution in [0.1, 0.15) is 31.0 Å². The van der Waals surface area contributed by atoms with Crippen molar-refractivity contribution in [3.63, 3.8) is 0 Å². The average Bonchev–Trinajstić information content (AvgIpc) is 2.66. The fourth-order valence-corrected chi connectivity index (χ4v) is 3.24. The average molecular weight is 404 g/mol. The zero-order valence-corrected chi connectivity index (χ0v) is 17.2. The Morgan fingerprint density at radius 2 is 1.82 bits per heavy atom. The molecule has 0 heterocycles. The fourth-order valence-electron chi connectivity index (χ4n) is 2.61. The van der Waals surface area contributed by atoms with Crippen LogP contribution in [-0.4, -0.2) is 34.3 Å². The third kappa shape index (κ3) is 5.85. The molecule has 0 saturated carbocycles. The number of carbonyl (C=O) groups is 1. The smallest absolute Gasteiger partial charge is 0.258 e. The Morgan fingerprint density at radius 1 is 1.14 bits per heavy atom. The molecule has 1 N–H and O–H groups in total. The van der Waals surface area contributed by atoms with E-state index in [9.17, 15) is 13.2 Å². The minimum absolute atomic E-state index is 0.162. The number of hydrogen-bond donors (Lipinski definition) is 1. The van der Waals surface area contributed by atoms with Gasteiger partial charge in [0.05, 0.1) is 18.0 Å². The highest BCUT2D eigenvalue weighted by Crippen LogP contribution is 2.28. The Labute approximate surface area is 166 Å². The highest BCUT2D eigenvalue weighted by atomic mass is 32.2. The maximum Gasteiger partial charge on any atom is 0.258 e. The molecule has 0 fully saturated rings. The number of hydrogen-bond acceptors (Lipinski definition) is 5. The first kappa shape index (κ1) is 21.5. The van der Waals surface area contributed by atoms with Crippen LogP contribution in [0, 0.1) is 0 Å². The van der Waals surface area contributed by atoms with Crippen molar-refractivity contribution in [1.29, 1.82) is 0 Å². The van der Waals surface area contributed by atoms with E-state index in [1.807, 2.05) is 38.1 Å². The molecule has 7 heteroatoms. The lowest BCUT2D eigenvalue weighted by Gasteiger charge is -2.16. The zero-order valence-electron chi connectivity index (χ0n) is 16.4. The van der Waals surface area contributed by atoms with Crippen LogP contribution < -0.4 is 14.8 Å². The number of benzene rings is 2. The molecule has 0 saturated heterocycles. The van der Waals surface area contributed by atoms with Crippen LogP contribution >= 0.6 is 0 Å². The van der Waals surface area contributed by atoms with Gasteiger partial charge in [-0.2, -0.15) is 0 Å². The predicted octanol–water partition coefficient (Wildman–Crippen LogP) is 3.39. The van der Waals surface area contributed by atoms with Gasteiger partial charge in [-0.15, -0.1) is 0 Å². The minimum Gasteiger partial charge on any atom is -0.493 e. The van der Waals surface area contributed by atoms with Gasteiger partial charge >= 0.3 is 0 Å². The minimum atomic E-state index is -3.24. The third-order valence-corrected chi connectivity index (χ3v) is 5.22. The van der Waals surface area contributed by atoms with Crippen LogP contribution in [-0.2, 0) is 14.6 Å². The molecular weight excluding hydrogens is 378 g/mol. The van der Waals surface area contributed by atoms with E-state index in [1.165, 1.54) is 12.1 Å². The predicted molar refractivity (Wildman–Crippen MR) is 109 cm³/mol. The second-order valence-corrected chi connectivity index (χ2v) is 8.35. The summed E-state index contributed by atoms with van der Waals surface area (Å²) in [6, 6.07) is 11.6. The van der Waals surface area contributed by atoms with Crippen LogP contribution in [0.5, 0.6) is 11.5 Å². The van der Waals surface area contributed by atoms with E-state index >= 15 is 0 Å². The summed E-state index contributed by atoms with van der Waals surface area (Å²) in [5, 5.41) is 2.83. The molecule has 0 aromatic heterocycles. The summed E-state index contributed by atoms with van der Waals surface area (Å²) in [5.74, 6) is 0.739. The standard InChI is InChI=1S/C21H25NO5S/c1-5-6-16-7-12-19(20(13-16)26-3)27-14-21(23)22-15(2)17-8-10-18(11-9-17)28(4,24)25/h5-13,15H,14H2,1-4H3,(H,22,23)/b6-5+. The van der Waals surface area contributed by atoms with Crippen LogP contribution in [0.4, 0.5) is 0 Å². The lowest BCUT2D eigenvalue weighted by atomic mass is 10.1. The number of nitrogens with one attached hydrogen (secondary N) is 1. The van der Waals surface area contributed by atoms with Gasteiger partial charge in [0.15, 0.2) is 27.9 Å². The molecule has 1 amide bonds. The van der Waals surface area contributed by atoms with Gasteiger partial charge in [-0.25, -0.2) is 8.42 Å². The number of ether oxygens (including phenoxy) is 2. The van der Waals surface area contributed by atoms with Gasteiger partial charge in [0.25, 0.3) is 5.91 Å². The quantitative estimate of drug-likeness (QED) is 0.731. The first-order valence-corrected chi connectivity index (χ1v) is 10.7. The molecule has 0 aliphatic carbocycles. The second kappa shape index (κ2) is 9.41. The molecule has 0 spiro atoms. The van der Waals surface area contributed by atoms with Crippen molar-refractivity contribution in [2.45, 2.75) is 24.8 Å². The summed E-state index contributed by atoms with van der Waals surface area (Å²) in [6.07, 6.45) is 5.02. The molecule has 2 rings (SSSR count). The zero-order chi connectivity index (χ0) is 20.7. The van der Waals surface area contributed by atoms with E-state index in [4.69, 9.17) is 9.47 Å². The Hall–Kier alpha value is -2.80. The second-order valence-electron chi connectivity index (χ2n) is 6.33. The van der Waals surface area contributed by atoms with Gasteiger partial charge < -0.3 is 14.8 Å². The van der Waals surface area contributed by atoms with Gasteiger partial charge in [-0.3, -0.25) is 4.79 Å². The van der Waals surface area contributed by atoms with Gasteiger partial charge in [-0.1, -0.05) is 30.4 Å². The number of allylic oxidation sites excluding steroid dienone is 1. The summed E-state index contributed by atoms with van der Waals surface area (Å²) in [7, 11) is -1.70. The summed E-state index contributed by atoms with van der Waals surface area (Å²) >= 11 is 0. The molecule has 1 atom stereocenters. The molecule has 0 radical (unpaired) electrons. The van der Waals surface area contributed by atoms with Crippen LogP contribution in [0.15, 0.2) is 53.4 Å². The Bertz CT molecular complexity index is 949. The van der Waals surface area contributed by atoms with E-state index < -0.39 is 9.84 Å². The SMILES string of the molecule is C/C=C/c1ccc(OCC(=O)NC(C)c2ccc(S(C)(=O)=O)cc2)c(OC)c1. The lowest BCUT2D eigenvalue weighted by Crippen LogP contribution is -2.31. The van der Waals surface area contributed by atoms with Gasteiger partial charge in [0.2, 0.25) is 0 Å². The van der Waals surface area contributed by atoms with Crippen molar-refractivity contribution in [3.05, 3.63) is 59.7 Å². The first-order valence-electron chi connectivity index (χ1n) is 8.77. The molecule has 1 unspecified atom stereocenters. The van der Waals surface area contributed by atoms with Crippen molar-refractivity contribution in [1.82, 2.24) is 5.32 Å². The van der Waals surface area contributed by atoms with Crippen LogP contribution in [0.2, 0.25) is 0 Å². The molecule has 0 aliphatic heterocycles. The van der Waals surface area contributed by atoms with Gasteiger partial charge in [0.1, 0.15) is 0 Å². The Morgan fingerprint density at radius 3 is 2.39 bits per heavy atom. The van der Waals surface area contributed by atoms with Crippen LogP contribution in [0.3, 0.4) is 0 Å². The summed E-state index contributed by atoms with van der Waals surface area (Å²) < 4.78 is 33.9. The maximum absolute atomic E-state index is 12.2. The lowest BCUT2D eigenvalue weighted by molar-refractivity contribution is -0.123. The number of rotatable bonds is 8. The number of methoxy groups -OCH3 is 1. The van der Waals surface area contributed by atoms with Crippen molar-refractivity contribution < 1.29 is 22.7 Å². The van der Waals surface area contributed by atoms with Crippen LogP contribution in [0.25, 0.3) is 6.08 Å². The highest BCUT2D eigenvalue weighted by Gasteiger charge is 2.13. The molecule has 0 aliphatic rings. The molecule has 6 nitrogen and oxygen atoms in total. The summed E-state index contributed by atoms with van der Waals surface area (Å²) in [6.45, 7) is 3.59. The number of sulfone groups is 1. The van der Waals surface area contributed by atoms with E-state index in [-0.39, 0.29) is 23.5 Å². The maximum atomic E-state index is 12.2. The normalized spacial score (nSPS) is 12.6. The van der Waals surface area contributed by atoms with E-state index in [0.717, 1.165) is 17.4 Å². The highest BCUT2D eigenvalue weighted by molar-refractivity contribution is 7.90. The fraction of sp³-hybridized carbons (Fsp3) is 0.286. The van der Waals surface area contributed by atoms with E-state index in [0.29, 0.717) is 11.5 Å².